The van der Waals surface area contributed by atoms with E-state index in [2.05, 4.69) is 5.32 Å². The molecule has 3 rings (SSSR count). The third-order valence-electron chi connectivity index (χ3n) is 4.55. The Hall–Kier alpha value is -2.11. The van der Waals surface area contributed by atoms with Gasteiger partial charge in [-0.05, 0) is 42.5 Å². The second-order valence-electron chi connectivity index (χ2n) is 6.11. The van der Waals surface area contributed by atoms with E-state index in [0.717, 1.165) is 24.8 Å². The lowest BCUT2D eigenvalue weighted by Crippen LogP contribution is -2.36. The highest BCUT2D eigenvalue weighted by molar-refractivity contribution is 6.34. The first-order valence-corrected chi connectivity index (χ1v) is 8.71. The van der Waals surface area contributed by atoms with Gasteiger partial charge in [-0.15, -0.1) is 0 Å². The topological polar surface area (TPSA) is 72.2 Å². The van der Waals surface area contributed by atoms with Gasteiger partial charge in [-0.2, -0.15) is 0 Å². The van der Waals surface area contributed by atoms with E-state index in [1.54, 1.807) is 12.1 Å². The molecule has 0 bridgehead atoms. The molecule has 0 aromatic heterocycles. The summed E-state index contributed by atoms with van der Waals surface area (Å²) in [6, 6.07) is 11.1. The summed E-state index contributed by atoms with van der Waals surface area (Å²) in [6.07, 6.45) is 3.23. The van der Waals surface area contributed by atoms with E-state index in [0.29, 0.717) is 10.9 Å². The number of carbonyl (C=O) groups excluding carboxylic acids is 1. The van der Waals surface area contributed by atoms with Crippen molar-refractivity contribution in [3.05, 3.63) is 73.8 Å². The standard InChI is InChI=1S/C18H16Cl2N2O3/c19-13-6-4-12(5-7-13)17(11-2-1-3-11)21-18(23)15-9-8-14(22(24)25)10-16(15)20/h4-11,17H,1-3H2,(H,21,23). The quantitative estimate of drug-likeness (QED) is 0.575. The van der Waals surface area contributed by atoms with E-state index in [9.17, 15) is 14.9 Å². The van der Waals surface area contributed by atoms with Gasteiger partial charge in [0.2, 0.25) is 0 Å². The zero-order valence-electron chi connectivity index (χ0n) is 13.2. The third-order valence-corrected chi connectivity index (χ3v) is 5.11. The minimum absolute atomic E-state index is 0.0650. The summed E-state index contributed by atoms with van der Waals surface area (Å²) in [7, 11) is 0. The van der Waals surface area contributed by atoms with Crippen LogP contribution in [0, 0.1) is 16.0 Å². The molecule has 0 saturated heterocycles. The fourth-order valence-corrected chi connectivity index (χ4v) is 3.32. The Morgan fingerprint density at radius 2 is 1.84 bits per heavy atom. The summed E-state index contributed by atoms with van der Waals surface area (Å²) >= 11 is 12.0. The molecule has 1 fully saturated rings. The summed E-state index contributed by atoms with van der Waals surface area (Å²) in [4.78, 5) is 22.9. The maximum atomic E-state index is 12.7. The zero-order valence-corrected chi connectivity index (χ0v) is 14.8. The second-order valence-corrected chi connectivity index (χ2v) is 6.96. The summed E-state index contributed by atoms with van der Waals surface area (Å²) in [6.45, 7) is 0. The molecule has 1 aliphatic carbocycles. The summed E-state index contributed by atoms with van der Waals surface area (Å²) in [5.41, 5.74) is 1.07. The van der Waals surface area contributed by atoms with Crippen LogP contribution >= 0.6 is 23.2 Å². The van der Waals surface area contributed by atoms with Crippen LogP contribution in [-0.4, -0.2) is 10.8 Å². The summed E-state index contributed by atoms with van der Waals surface area (Å²) in [5.74, 6) is 0.0219. The van der Waals surface area contributed by atoms with Crippen molar-refractivity contribution in [2.45, 2.75) is 25.3 Å². The minimum Gasteiger partial charge on any atom is -0.345 e. The van der Waals surface area contributed by atoms with Crippen LogP contribution < -0.4 is 5.32 Å². The number of non-ortho nitro benzene ring substituents is 1. The Balaban J connectivity index is 1.83. The van der Waals surface area contributed by atoms with Crippen molar-refractivity contribution in [2.75, 3.05) is 0 Å². The van der Waals surface area contributed by atoms with Gasteiger partial charge in [0.05, 0.1) is 21.6 Å². The van der Waals surface area contributed by atoms with E-state index in [4.69, 9.17) is 23.2 Å². The minimum atomic E-state index is -0.543. The van der Waals surface area contributed by atoms with E-state index in [-0.39, 0.29) is 28.2 Å². The van der Waals surface area contributed by atoms with Crippen LogP contribution in [0.2, 0.25) is 10.0 Å². The normalized spacial score (nSPS) is 15.3. The first-order chi connectivity index (χ1) is 12.0. The SMILES string of the molecule is O=C(NC(c1ccc(Cl)cc1)C1CCC1)c1ccc([N+](=O)[O-])cc1Cl. The number of nitrogens with one attached hydrogen (secondary N) is 1. The molecular weight excluding hydrogens is 363 g/mol. The van der Waals surface area contributed by atoms with Crippen molar-refractivity contribution < 1.29 is 9.72 Å². The highest BCUT2D eigenvalue weighted by Gasteiger charge is 2.30. The molecule has 1 atom stereocenters. The van der Waals surface area contributed by atoms with Gasteiger partial charge in [-0.1, -0.05) is 41.8 Å². The molecule has 2 aromatic rings. The van der Waals surface area contributed by atoms with Crippen molar-refractivity contribution in [3.8, 4) is 0 Å². The van der Waals surface area contributed by atoms with Crippen molar-refractivity contribution in [2.24, 2.45) is 5.92 Å². The first-order valence-electron chi connectivity index (χ1n) is 7.96. The lowest BCUT2D eigenvalue weighted by Gasteiger charge is -2.34. The monoisotopic (exact) mass is 378 g/mol. The maximum Gasteiger partial charge on any atom is 0.270 e. The fourth-order valence-electron chi connectivity index (χ4n) is 2.94. The number of carbonyl (C=O) groups is 1. The fraction of sp³-hybridized carbons (Fsp3) is 0.278. The average Bonchev–Trinajstić information content (AvgIpc) is 2.53. The highest BCUT2D eigenvalue weighted by atomic mass is 35.5. The van der Waals surface area contributed by atoms with E-state index in [1.165, 1.54) is 18.2 Å². The molecule has 1 amide bonds. The summed E-state index contributed by atoms with van der Waals surface area (Å²) < 4.78 is 0. The molecular formula is C18H16Cl2N2O3. The highest BCUT2D eigenvalue weighted by Crippen LogP contribution is 2.38. The molecule has 7 heteroatoms. The lowest BCUT2D eigenvalue weighted by atomic mass is 9.77. The first kappa shape index (κ1) is 17.7. The molecule has 0 heterocycles. The molecule has 1 N–H and O–H groups in total. The Morgan fingerprint density at radius 3 is 2.36 bits per heavy atom. The van der Waals surface area contributed by atoms with Crippen LogP contribution in [0.4, 0.5) is 5.69 Å². The summed E-state index contributed by atoms with van der Waals surface area (Å²) in [5, 5.41) is 14.5. The molecule has 0 radical (unpaired) electrons. The molecule has 1 aliphatic rings. The molecule has 2 aromatic carbocycles. The van der Waals surface area contributed by atoms with Crippen molar-refractivity contribution in [1.82, 2.24) is 5.32 Å². The smallest absolute Gasteiger partial charge is 0.270 e. The van der Waals surface area contributed by atoms with Crippen LogP contribution in [0.1, 0.15) is 41.2 Å². The van der Waals surface area contributed by atoms with Crippen LogP contribution in [0.3, 0.4) is 0 Å². The van der Waals surface area contributed by atoms with Crippen molar-refractivity contribution in [3.63, 3.8) is 0 Å². The van der Waals surface area contributed by atoms with Crippen LogP contribution in [0.25, 0.3) is 0 Å². The zero-order chi connectivity index (χ0) is 18.0. The number of benzene rings is 2. The van der Waals surface area contributed by atoms with Gasteiger partial charge in [0.25, 0.3) is 11.6 Å². The number of nitro groups is 1. The largest absolute Gasteiger partial charge is 0.345 e. The van der Waals surface area contributed by atoms with E-state index >= 15 is 0 Å². The second kappa shape index (κ2) is 7.42. The van der Waals surface area contributed by atoms with Crippen LogP contribution in [-0.2, 0) is 0 Å². The van der Waals surface area contributed by atoms with E-state index < -0.39 is 4.92 Å². The van der Waals surface area contributed by atoms with Crippen LogP contribution in [0.5, 0.6) is 0 Å². The van der Waals surface area contributed by atoms with Crippen molar-refractivity contribution >= 4 is 34.8 Å². The Kier molecular flexibility index (Phi) is 5.25. The molecule has 1 saturated carbocycles. The predicted molar refractivity (Wildman–Crippen MR) is 97.1 cm³/mol. The number of nitrogens with zero attached hydrogens (tertiary/aromatic N) is 1. The Bertz CT molecular complexity index is 804. The van der Waals surface area contributed by atoms with Crippen LogP contribution in [0.15, 0.2) is 42.5 Å². The molecule has 5 nitrogen and oxygen atoms in total. The van der Waals surface area contributed by atoms with Gasteiger partial charge in [0.1, 0.15) is 0 Å². The lowest BCUT2D eigenvalue weighted by molar-refractivity contribution is -0.384. The van der Waals surface area contributed by atoms with Gasteiger partial charge in [-0.25, -0.2) is 0 Å². The van der Waals surface area contributed by atoms with Crippen molar-refractivity contribution in [1.29, 1.82) is 0 Å². The van der Waals surface area contributed by atoms with E-state index in [1.807, 2.05) is 12.1 Å². The number of amides is 1. The number of rotatable bonds is 5. The number of nitro benzene ring substituents is 1. The average molecular weight is 379 g/mol. The molecule has 25 heavy (non-hydrogen) atoms. The van der Waals surface area contributed by atoms with Gasteiger partial charge in [-0.3, -0.25) is 14.9 Å². The molecule has 0 spiro atoms. The van der Waals surface area contributed by atoms with Gasteiger partial charge in [0.15, 0.2) is 0 Å². The predicted octanol–water partition coefficient (Wildman–Crippen LogP) is 5.17. The third kappa shape index (κ3) is 3.94. The number of hydrogen-bond acceptors (Lipinski definition) is 3. The van der Waals surface area contributed by atoms with Gasteiger partial charge >= 0.3 is 0 Å². The number of hydrogen-bond donors (Lipinski definition) is 1. The van der Waals surface area contributed by atoms with Gasteiger partial charge < -0.3 is 5.32 Å². The Labute approximate surface area is 155 Å². The Morgan fingerprint density at radius 1 is 1.16 bits per heavy atom. The molecule has 1 unspecified atom stereocenters. The number of halogens is 2. The maximum absolute atomic E-state index is 12.7. The van der Waals surface area contributed by atoms with Gasteiger partial charge in [0, 0.05) is 17.2 Å². The molecule has 0 aliphatic heterocycles. The molecule has 130 valence electrons.